The van der Waals surface area contributed by atoms with Crippen molar-refractivity contribution < 1.29 is 4.79 Å². The summed E-state index contributed by atoms with van der Waals surface area (Å²) in [5.74, 6) is 0. The maximum atomic E-state index is 12.2. The van der Waals surface area contributed by atoms with E-state index in [0.717, 1.165) is 36.9 Å². The summed E-state index contributed by atoms with van der Waals surface area (Å²) in [5, 5.41) is 6.02. The van der Waals surface area contributed by atoms with E-state index >= 15 is 0 Å². The molecule has 5 nitrogen and oxygen atoms in total. The molecule has 2 aromatic rings. The van der Waals surface area contributed by atoms with Crippen LogP contribution in [-0.2, 0) is 6.54 Å². The third-order valence-corrected chi connectivity index (χ3v) is 4.65. The number of hydrogen-bond acceptors (Lipinski definition) is 4. The molecule has 1 aromatic heterocycles. The topological polar surface area (TPSA) is 48.5 Å². The highest BCUT2D eigenvalue weighted by Gasteiger charge is 2.21. The molecule has 0 aliphatic carbocycles. The summed E-state index contributed by atoms with van der Waals surface area (Å²) in [6.07, 6.45) is 1.82. The molecular formula is C16H20N4OS. The first-order valence-electron chi connectivity index (χ1n) is 7.45. The predicted octanol–water partition coefficient (Wildman–Crippen LogP) is 2.48. The number of urea groups is 1. The van der Waals surface area contributed by atoms with Gasteiger partial charge in [0.2, 0.25) is 0 Å². The van der Waals surface area contributed by atoms with Crippen molar-refractivity contribution in [1.29, 1.82) is 0 Å². The minimum absolute atomic E-state index is 0.0133. The molecular weight excluding hydrogens is 296 g/mol. The van der Waals surface area contributed by atoms with E-state index in [1.54, 1.807) is 11.3 Å². The van der Waals surface area contributed by atoms with Crippen molar-refractivity contribution in [1.82, 2.24) is 15.2 Å². The smallest absolute Gasteiger partial charge is 0.317 e. The Kier molecular flexibility index (Phi) is 4.58. The maximum Gasteiger partial charge on any atom is 0.317 e. The first kappa shape index (κ1) is 14.8. The van der Waals surface area contributed by atoms with Gasteiger partial charge < -0.3 is 15.1 Å². The third kappa shape index (κ3) is 3.57. The van der Waals surface area contributed by atoms with Gasteiger partial charge in [-0.25, -0.2) is 9.78 Å². The van der Waals surface area contributed by atoms with Crippen LogP contribution in [0.25, 0.3) is 0 Å². The number of carbonyl (C=O) groups excluding carboxylic acids is 1. The molecule has 1 saturated heterocycles. The normalized spacial score (nSPS) is 15.0. The van der Waals surface area contributed by atoms with Crippen molar-refractivity contribution in [3.05, 3.63) is 47.0 Å². The van der Waals surface area contributed by atoms with E-state index in [4.69, 9.17) is 0 Å². The van der Waals surface area contributed by atoms with Crippen LogP contribution in [0.2, 0.25) is 0 Å². The molecule has 1 fully saturated rings. The van der Waals surface area contributed by atoms with Gasteiger partial charge in [0.1, 0.15) is 0 Å². The van der Waals surface area contributed by atoms with Crippen molar-refractivity contribution in [3.8, 4) is 0 Å². The molecule has 1 N–H and O–H groups in total. The number of aryl methyl sites for hydroxylation is 1. The quantitative estimate of drug-likeness (QED) is 0.946. The Bertz CT molecular complexity index is 604. The Morgan fingerprint density at radius 3 is 2.59 bits per heavy atom. The number of piperazine rings is 1. The van der Waals surface area contributed by atoms with Gasteiger partial charge >= 0.3 is 6.03 Å². The van der Waals surface area contributed by atoms with Crippen LogP contribution in [-0.4, -0.2) is 42.1 Å². The molecule has 0 bridgehead atoms. The summed E-state index contributed by atoms with van der Waals surface area (Å²) < 4.78 is 0. The van der Waals surface area contributed by atoms with Gasteiger partial charge in [0, 0.05) is 44.3 Å². The van der Waals surface area contributed by atoms with Crippen molar-refractivity contribution in [2.45, 2.75) is 13.5 Å². The number of thiazole rings is 1. The average Bonchev–Trinajstić information content (AvgIpc) is 3.09. The number of anilines is 1. The second kappa shape index (κ2) is 6.79. The van der Waals surface area contributed by atoms with Crippen LogP contribution in [0.15, 0.2) is 35.8 Å². The van der Waals surface area contributed by atoms with E-state index in [-0.39, 0.29) is 6.03 Å². The molecule has 0 unspecified atom stereocenters. The number of aromatic nitrogens is 1. The zero-order chi connectivity index (χ0) is 15.4. The van der Waals surface area contributed by atoms with Crippen molar-refractivity contribution in [3.63, 3.8) is 0 Å². The highest BCUT2D eigenvalue weighted by molar-refractivity contribution is 7.13. The van der Waals surface area contributed by atoms with E-state index in [9.17, 15) is 4.79 Å². The van der Waals surface area contributed by atoms with Crippen molar-refractivity contribution >= 4 is 22.5 Å². The highest BCUT2D eigenvalue weighted by Crippen LogP contribution is 2.18. The maximum absolute atomic E-state index is 12.2. The number of carbonyl (C=O) groups is 1. The monoisotopic (exact) mass is 316 g/mol. The molecule has 0 spiro atoms. The minimum atomic E-state index is 0.0133. The van der Waals surface area contributed by atoms with Gasteiger partial charge in [-0.2, -0.15) is 0 Å². The molecule has 1 aromatic carbocycles. The van der Waals surface area contributed by atoms with Crippen LogP contribution in [0, 0.1) is 6.92 Å². The Morgan fingerprint density at radius 2 is 1.95 bits per heavy atom. The predicted molar refractivity (Wildman–Crippen MR) is 89.3 cm³/mol. The lowest BCUT2D eigenvalue weighted by Crippen LogP contribution is -2.51. The zero-order valence-corrected chi connectivity index (χ0v) is 13.5. The van der Waals surface area contributed by atoms with Gasteiger partial charge in [-0.05, 0) is 12.5 Å². The number of nitrogens with zero attached hydrogens (tertiary/aromatic N) is 3. The average molecular weight is 316 g/mol. The standard InChI is InChI=1S/C16H20N4OS/c1-13-2-4-14(5-3-13)12-18-15(21)19-7-9-20(10-8-19)16-17-6-11-22-16/h2-6,11H,7-10,12H2,1H3,(H,18,21). The van der Waals surface area contributed by atoms with Gasteiger partial charge in [0.15, 0.2) is 5.13 Å². The van der Waals surface area contributed by atoms with Gasteiger partial charge in [0.05, 0.1) is 0 Å². The summed E-state index contributed by atoms with van der Waals surface area (Å²) in [7, 11) is 0. The van der Waals surface area contributed by atoms with E-state index < -0.39 is 0 Å². The molecule has 22 heavy (non-hydrogen) atoms. The molecule has 116 valence electrons. The first-order valence-corrected chi connectivity index (χ1v) is 8.33. The number of rotatable bonds is 3. The molecule has 2 amide bonds. The second-order valence-corrected chi connectivity index (χ2v) is 6.31. The molecule has 0 saturated carbocycles. The summed E-state index contributed by atoms with van der Waals surface area (Å²) in [4.78, 5) is 20.6. The number of benzene rings is 1. The van der Waals surface area contributed by atoms with E-state index in [0.29, 0.717) is 6.54 Å². The Hall–Kier alpha value is -2.08. The van der Waals surface area contributed by atoms with Gasteiger partial charge in [-0.1, -0.05) is 29.8 Å². The highest BCUT2D eigenvalue weighted by atomic mass is 32.1. The lowest BCUT2D eigenvalue weighted by atomic mass is 10.1. The summed E-state index contributed by atoms with van der Waals surface area (Å²) in [6, 6.07) is 8.24. The Morgan fingerprint density at radius 1 is 1.23 bits per heavy atom. The van der Waals surface area contributed by atoms with Crippen molar-refractivity contribution in [2.75, 3.05) is 31.1 Å². The Balaban J connectivity index is 1.46. The van der Waals surface area contributed by atoms with Crippen LogP contribution >= 0.6 is 11.3 Å². The SMILES string of the molecule is Cc1ccc(CNC(=O)N2CCN(c3nccs3)CC2)cc1. The lowest BCUT2D eigenvalue weighted by Gasteiger charge is -2.34. The Labute approximate surface area is 134 Å². The molecule has 6 heteroatoms. The van der Waals surface area contributed by atoms with E-state index in [2.05, 4.69) is 46.4 Å². The fourth-order valence-corrected chi connectivity index (χ4v) is 3.17. The first-order chi connectivity index (χ1) is 10.7. The summed E-state index contributed by atoms with van der Waals surface area (Å²) >= 11 is 1.64. The molecule has 2 heterocycles. The lowest BCUT2D eigenvalue weighted by molar-refractivity contribution is 0.194. The summed E-state index contributed by atoms with van der Waals surface area (Å²) in [5.41, 5.74) is 2.36. The van der Waals surface area contributed by atoms with Crippen LogP contribution in [0.1, 0.15) is 11.1 Å². The van der Waals surface area contributed by atoms with Gasteiger partial charge in [-0.3, -0.25) is 0 Å². The third-order valence-electron chi connectivity index (χ3n) is 3.82. The van der Waals surface area contributed by atoms with Crippen molar-refractivity contribution in [2.24, 2.45) is 0 Å². The number of amides is 2. The fourth-order valence-electron chi connectivity index (χ4n) is 2.47. The molecule has 0 radical (unpaired) electrons. The van der Waals surface area contributed by atoms with E-state index in [1.807, 2.05) is 16.5 Å². The van der Waals surface area contributed by atoms with Crippen LogP contribution in [0.5, 0.6) is 0 Å². The summed E-state index contributed by atoms with van der Waals surface area (Å²) in [6.45, 7) is 5.78. The number of hydrogen-bond donors (Lipinski definition) is 1. The van der Waals surface area contributed by atoms with E-state index in [1.165, 1.54) is 5.56 Å². The molecule has 1 aliphatic rings. The second-order valence-electron chi connectivity index (χ2n) is 5.43. The van der Waals surface area contributed by atoms with Crippen LogP contribution in [0.4, 0.5) is 9.93 Å². The number of nitrogens with one attached hydrogen (secondary N) is 1. The fraction of sp³-hybridized carbons (Fsp3) is 0.375. The van der Waals surface area contributed by atoms with Gasteiger partial charge in [0.25, 0.3) is 0 Å². The zero-order valence-electron chi connectivity index (χ0n) is 12.7. The van der Waals surface area contributed by atoms with Crippen LogP contribution < -0.4 is 10.2 Å². The largest absolute Gasteiger partial charge is 0.345 e. The molecule has 1 aliphatic heterocycles. The van der Waals surface area contributed by atoms with Gasteiger partial charge in [-0.15, -0.1) is 11.3 Å². The minimum Gasteiger partial charge on any atom is -0.345 e. The van der Waals surface area contributed by atoms with Crippen LogP contribution in [0.3, 0.4) is 0 Å². The molecule has 0 atom stereocenters. The molecule has 3 rings (SSSR count).